The molecular weight excluding hydrogens is 405 g/mol. The van der Waals surface area contributed by atoms with Crippen molar-refractivity contribution in [1.82, 2.24) is 15.1 Å². The lowest BCUT2D eigenvalue weighted by atomic mass is 10.1. The number of amides is 1. The van der Waals surface area contributed by atoms with E-state index in [4.69, 9.17) is 32.4 Å². The molecule has 0 saturated heterocycles. The van der Waals surface area contributed by atoms with Crippen LogP contribution in [-0.4, -0.2) is 28.3 Å². The number of nitrogens with one attached hydrogen (secondary N) is 1. The molecular formula is C19H17Cl2N3O4. The van der Waals surface area contributed by atoms with E-state index >= 15 is 0 Å². The zero-order valence-electron chi connectivity index (χ0n) is 14.9. The third-order valence-electron chi connectivity index (χ3n) is 3.88. The lowest BCUT2D eigenvalue weighted by Crippen LogP contribution is -2.31. The van der Waals surface area contributed by atoms with Gasteiger partial charge in [-0.3, -0.25) is 9.48 Å². The van der Waals surface area contributed by atoms with Crippen LogP contribution in [0.2, 0.25) is 10.0 Å². The standard InChI is InChI=1S/C19H17Cl2N3O4/c1-12(15-5-3-13(20)9-16(15)21)23-18(25)11-27-19(26)17-6-4-14(28-17)10-24-8-2-7-22-24/h2-9,12H,10-11H2,1H3,(H,23,25). The Morgan fingerprint density at radius 3 is 2.82 bits per heavy atom. The van der Waals surface area contributed by atoms with Gasteiger partial charge in [-0.15, -0.1) is 0 Å². The van der Waals surface area contributed by atoms with Crippen molar-refractivity contribution in [2.24, 2.45) is 0 Å². The second-order valence-corrected chi connectivity index (χ2v) is 6.84. The van der Waals surface area contributed by atoms with Gasteiger partial charge in [-0.05, 0) is 42.8 Å². The van der Waals surface area contributed by atoms with Gasteiger partial charge in [0.25, 0.3) is 5.91 Å². The van der Waals surface area contributed by atoms with Gasteiger partial charge in [-0.2, -0.15) is 5.10 Å². The molecule has 0 bridgehead atoms. The van der Waals surface area contributed by atoms with Crippen LogP contribution in [-0.2, 0) is 16.1 Å². The van der Waals surface area contributed by atoms with Crippen molar-refractivity contribution in [3.8, 4) is 0 Å². The molecule has 1 atom stereocenters. The summed E-state index contributed by atoms with van der Waals surface area (Å²) in [4.78, 5) is 24.1. The monoisotopic (exact) mass is 421 g/mol. The van der Waals surface area contributed by atoms with Crippen molar-refractivity contribution in [3.05, 3.63) is 75.9 Å². The smallest absolute Gasteiger partial charge is 0.374 e. The van der Waals surface area contributed by atoms with E-state index in [0.717, 1.165) is 0 Å². The predicted molar refractivity (Wildman–Crippen MR) is 103 cm³/mol. The number of nitrogens with zero attached hydrogens (tertiary/aromatic N) is 2. The lowest BCUT2D eigenvalue weighted by molar-refractivity contribution is -0.124. The second kappa shape index (κ2) is 8.95. The van der Waals surface area contributed by atoms with Crippen LogP contribution < -0.4 is 5.32 Å². The summed E-state index contributed by atoms with van der Waals surface area (Å²) in [5.41, 5.74) is 0.708. The van der Waals surface area contributed by atoms with Crippen LogP contribution in [0.4, 0.5) is 0 Å². The van der Waals surface area contributed by atoms with Crippen LogP contribution in [0.1, 0.15) is 34.8 Å². The van der Waals surface area contributed by atoms with Crippen LogP contribution in [0, 0.1) is 0 Å². The molecule has 7 nitrogen and oxygen atoms in total. The van der Waals surface area contributed by atoms with Crippen LogP contribution >= 0.6 is 23.2 Å². The van der Waals surface area contributed by atoms with Crippen molar-refractivity contribution in [2.45, 2.75) is 19.5 Å². The first-order chi connectivity index (χ1) is 13.4. The summed E-state index contributed by atoms with van der Waals surface area (Å²) in [5, 5.41) is 7.72. The van der Waals surface area contributed by atoms with Crippen molar-refractivity contribution in [2.75, 3.05) is 6.61 Å². The summed E-state index contributed by atoms with van der Waals surface area (Å²) >= 11 is 12.0. The van der Waals surface area contributed by atoms with Crippen LogP contribution in [0.25, 0.3) is 0 Å². The Balaban J connectivity index is 1.50. The minimum Gasteiger partial charge on any atom is -0.452 e. The van der Waals surface area contributed by atoms with E-state index in [1.807, 2.05) is 0 Å². The zero-order valence-corrected chi connectivity index (χ0v) is 16.4. The van der Waals surface area contributed by atoms with Gasteiger partial charge in [-0.25, -0.2) is 4.79 Å². The third kappa shape index (κ3) is 5.15. The summed E-state index contributed by atoms with van der Waals surface area (Å²) in [7, 11) is 0. The fourth-order valence-electron chi connectivity index (χ4n) is 2.54. The maximum atomic E-state index is 12.1. The summed E-state index contributed by atoms with van der Waals surface area (Å²) in [6, 6.07) is 9.57. The minimum absolute atomic E-state index is 0.0174. The molecule has 1 amide bonds. The Labute approximate surface area is 171 Å². The van der Waals surface area contributed by atoms with Crippen molar-refractivity contribution < 1.29 is 18.7 Å². The SMILES string of the molecule is CC(NC(=O)COC(=O)c1ccc(Cn2cccn2)o1)c1ccc(Cl)cc1Cl. The number of halogens is 2. The Bertz CT molecular complexity index is 969. The molecule has 28 heavy (non-hydrogen) atoms. The highest BCUT2D eigenvalue weighted by Crippen LogP contribution is 2.26. The van der Waals surface area contributed by atoms with Crippen LogP contribution in [0.3, 0.4) is 0 Å². The van der Waals surface area contributed by atoms with E-state index in [2.05, 4.69) is 10.4 Å². The van der Waals surface area contributed by atoms with E-state index in [-0.39, 0.29) is 11.8 Å². The fourth-order valence-corrected chi connectivity index (χ4v) is 3.11. The second-order valence-electron chi connectivity index (χ2n) is 6.00. The average Bonchev–Trinajstić information content (AvgIpc) is 3.32. The normalized spacial score (nSPS) is 11.8. The molecule has 1 N–H and O–H groups in total. The van der Waals surface area contributed by atoms with Gasteiger partial charge in [0.15, 0.2) is 6.61 Å². The Morgan fingerprint density at radius 1 is 1.29 bits per heavy atom. The highest BCUT2D eigenvalue weighted by atomic mass is 35.5. The van der Waals surface area contributed by atoms with Crippen LogP contribution in [0.15, 0.2) is 53.2 Å². The first-order valence-corrected chi connectivity index (χ1v) is 9.15. The van der Waals surface area contributed by atoms with E-state index < -0.39 is 18.5 Å². The van der Waals surface area contributed by atoms with E-state index in [9.17, 15) is 9.59 Å². The number of carbonyl (C=O) groups excluding carboxylic acids is 2. The van der Waals surface area contributed by atoms with E-state index in [1.165, 1.54) is 6.07 Å². The quantitative estimate of drug-likeness (QED) is 0.585. The van der Waals surface area contributed by atoms with Gasteiger partial charge >= 0.3 is 5.97 Å². The largest absolute Gasteiger partial charge is 0.452 e. The highest BCUT2D eigenvalue weighted by molar-refractivity contribution is 6.35. The molecule has 2 heterocycles. The molecule has 0 radical (unpaired) electrons. The van der Waals surface area contributed by atoms with Gasteiger partial charge in [0.1, 0.15) is 5.76 Å². The number of benzene rings is 1. The predicted octanol–water partition coefficient (Wildman–Crippen LogP) is 3.87. The Kier molecular flexibility index (Phi) is 6.38. The molecule has 3 rings (SSSR count). The molecule has 2 aromatic heterocycles. The van der Waals surface area contributed by atoms with Crippen molar-refractivity contribution >= 4 is 35.1 Å². The summed E-state index contributed by atoms with van der Waals surface area (Å²) < 4.78 is 12.1. The number of furan rings is 1. The third-order valence-corrected chi connectivity index (χ3v) is 4.44. The van der Waals surface area contributed by atoms with E-state index in [0.29, 0.717) is 27.9 Å². The fraction of sp³-hybridized carbons (Fsp3) is 0.211. The first-order valence-electron chi connectivity index (χ1n) is 8.40. The summed E-state index contributed by atoms with van der Waals surface area (Å²) in [6.07, 6.45) is 3.42. The molecule has 1 unspecified atom stereocenters. The molecule has 146 valence electrons. The van der Waals surface area contributed by atoms with Crippen molar-refractivity contribution in [3.63, 3.8) is 0 Å². The number of rotatable bonds is 7. The topological polar surface area (TPSA) is 86.4 Å². The number of hydrogen-bond acceptors (Lipinski definition) is 5. The maximum absolute atomic E-state index is 12.1. The van der Waals surface area contributed by atoms with Gasteiger partial charge in [0.05, 0.1) is 12.6 Å². The zero-order chi connectivity index (χ0) is 20.1. The Hall–Kier alpha value is -2.77. The van der Waals surface area contributed by atoms with Crippen molar-refractivity contribution in [1.29, 1.82) is 0 Å². The molecule has 9 heteroatoms. The summed E-state index contributed by atoms with van der Waals surface area (Å²) in [6.45, 7) is 1.71. The van der Waals surface area contributed by atoms with Gasteiger partial charge in [0, 0.05) is 22.4 Å². The number of aromatic nitrogens is 2. The molecule has 0 spiro atoms. The van der Waals surface area contributed by atoms with E-state index in [1.54, 1.807) is 54.3 Å². The molecule has 0 saturated carbocycles. The number of esters is 1. The number of carbonyl (C=O) groups is 2. The number of ether oxygens (including phenoxy) is 1. The van der Waals surface area contributed by atoms with Gasteiger partial charge < -0.3 is 14.5 Å². The molecule has 0 aliphatic carbocycles. The van der Waals surface area contributed by atoms with Gasteiger partial charge in [0.2, 0.25) is 5.76 Å². The van der Waals surface area contributed by atoms with Gasteiger partial charge in [-0.1, -0.05) is 29.3 Å². The highest BCUT2D eigenvalue weighted by Gasteiger charge is 2.17. The molecule has 0 fully saturated rings. The first kappa shape index (κ1) is 20.0. The molecule has 0 aliphatic heterocycles. The average molecular weight is 422 g/mol. The molecule has 3 aromatic rings. The van der Waals surface area contributed by atoms with Crippen LogP contribution in [0.5, 0.6) is 0 Å². The maximum Gasteiger partial charge on any atom is 0.374 e. The minimum atomic E-state index is -0.723. The number of hydrogen-bond donors (Lipinski definition) is 1. The lowest BCUT2D eigenvalue weighted by Gasteiger charge is -2.15. The Morgan fingerprint density at radius 2 is 2.11 bits per heavy atom. The summed E-state index contributed by atoms with van der Waals surface area (Å²) in [5.74, 6) is -0.621. The molecule has 1 aromatic carbocycles. The molecule has 0 aliphatic rings.